The van der Waals surface area contributed by atoms with Crippen molar-refractivity contribution in [1.29, 1.82) is 0 Å². The first-order valence-electron chi connectivity index (χ1n) is 9.82. The number of nitrogens with zero attached hydrogens (tertiary/aromatic N) is 6. The maximum Gasteiger partial charge on any atom is 0.248 e. The van der Waals surface area contributed by atoms with Crippen LogP contribution in [0.4, 0.5) is 11.5 Å². The maximum atomic E-state index is 12.4. The molecule has 0 saturated heterocycles. The van der Waals surface area contributed by atoms with Gasteiger partial charge in [0, 0.05) is 54.6 Å². The average Bonchev–Trinajstić information content (AvgIpc) is 3.42. The van der Waals surface area contributed by atoms with Crippen molar-refractivity contribution in [3.8, 4) is 11.1 Å². The molecule has 1 aromatic carbocycles. The van der Waals surface area contributed by atoms with Crippen molar-refractivity contribution in [3.05, 3.63) is 84.6 Å². The summed E-state index contributed by atoms with van der Waals surface area (Å²) in [6.45, 7) is 0.448. The fourth-order valence-corrected chi connectivity index (χ4v) is 3.16. The van der Waals surface area contributed by atoms with Crippen LogP contribution >= 0.6 is 0 Å². The highest BCUT2D eigenvalue weighted by molar-refractivity contribution is 6.02. The molecule has 10 nitrogen and oxygen atoms in total. The van der Waals surface area contributed by atoms with Gasteiger partial charge in [-0.2, -0.15) is 9.89 Å². The van der Waals surface area contributed by atoms with Crippen molar-refractivity contribution in [2.24, 2.45) is 12.9 Å². The van der Waals surface area contributed by atoms with E-state index in [1.54, 1.807) is 41.6 Å². The normalized spacial score (nSPS) is 11.1. The molecule has 3 heterocycles. The number of benzene rings is 1. The van der Waals surface area contributed by atoms with E-state index < -0.39 is 0 Å². The molecule has 0 fully saturated rings. The Kier molecular flexibility index (Phi) is 5.95. The molecule has 1 amide bonds. The Morgan fingerprint density at radius 3 is 2.69 bits per heavy atom. The molecule has 0 unspecified atom stereocenters. The Hall–Kier alpha value is -4.44. The molecule has 0 bridgehead atoms. The second-order valence-electron chi connectivity index (χ2n) is 7.17. The first-order chi connectivity index (χ1) is 15.5. The van der Waals surface area contributed by atoms with Crippen LogP contribution in [-0.2, 0) is 18.4 Å². The van der Waals surface area contributed by atoms with E-state index in [1.165, 1.54) is 15.9 Å². The molecule has 0 atom stereocenters. The van der Waals surface area contributed by atoms with Crippen LogP contribution in [0.3, 0.4) is 0 Å². The number of nitrogens with one attached hydrogen (secondary N) is 1. The van der Waals surface area contributed by atoms with Gasteiger partial charge in [-0.05, 0) is 35.4 Å². The Labute approximate surface area is 184 Å². The minimum atomic E-state index is -0.243. The Balaban J connectivity index is 1.38. The molecule has 0 aliphatic rings. The molecule has 4 aromatic rings. The topological polar surface area (TPSA) is 133 Å². The smallest absolute Gasteiger partial charge is 0.248 e. The number of nitrogens with two attached hydrogens (primary N) is 2. The number of carbonyl (C=O) groups is 1. The maximum absolute atomic E-state index is 12.4. The van der Waals surface area contributed by atoms with Crippen LogP contribution < -0.4 is 22.0 Å². The van der Waals surface area contributed by atoms with Gasteiger partial charge in [0.15, 0.2) is 5.82 Å². The molecule has 32 heavy (non-hydrogen) atoms. The fourth-order valence-electron chi connectivity index (χ4n) is 3.16. The highest BCUT2D eigenvalue weighted by atomic mass is 16.1. The number of carbonyl (C=O) groups excluding carboxylic acids is 1. The van der Waals surface area contributed by atoms with Crippen LogP contribution in [0.25, 0.3) is 17.2 Å². The van der Waals surface area contributed by atoms with E-state index in [0.717, 1.165) is 22.3 Å². The highest BCUT2D eigenvalue weighted by Gasteiger charge is 2.08. The minimum Gasteiger partial charge on any atom is -0.323 e. The largest absolute Gasteiger partial charge is 0.323 e. The van der Waals surface area contributed by atoms with Crippen LogP contribution in [0, 0.1) is 0 Å². The third-order valence-corrected chi connectivity index (χ3v) is 4.74. The standard InChI is InChI=1S/C22H23N9O/c1-29-15-18(13-26-29)20-8-10-25-12-17(20)4-7-22(32)27-19-5-2-16(3-6-19)14-30(23)21-9-11-31(24)28-21/h2-13,15H,14,23-24H2,1H3,(H,27,32)/b7-4+. The van der Waals surface area contributed by atoms with E-state index in [2.05, 4.69) is 20.5 Å². The van der Waals surface area contributed by atoms with E-state index in [9.17, 15) is 4.79 Å². The van der Waals surface area contributed by atoms with Crippen LogP contribution in [-0.4, -0.2) is 30.6 Å². The van der Waals surface area contributed by atoms with Crippen LogP contribution in [0.1, 0.15) is 11.1 Å². The molecule has 0 aliphatic carbocycles. The number of hydrogen-bond donors (Lipinski definition) is 3. The summed E-state index contributed by atoms with van der Waals surface area (Å²) in [4.78, 5) is 17.8. The van der Waals surface area contributed by atoms with Crippen molar-refractivity contribution in [1.82, 2.24) is 24.7 Å². The number of hydrazine groups is 1. The van der Waals surface area contributed by atoms with Gasteiger partial charge < -0.3 is 11.2 Å². The summed E-state index contributed by atoms with van der Waals surface area (Å²) in [7, 11) is 1.86. The number of aromatic nitrogens is 5. The van der Waals surface area contributed by atoms with Gasteiger partial charge in [0.2, 0.25) is 5.91 Å². The quantitative estimate of drug-likeness (QED) is 0.232. The molecule has 5 N–H and O–H groups in total. The summed E-state index contributed by atoms with van der Waals surface area (Å²) in [5, 5.41) is 12.6. The summed E-state index contributed by atoms with van der Waals surface area (Å²) in [6.07, 6.45) is 12.0. The molecule has 0 saturated carbocycles. The Bertz CT molecular complexity index is 1240. The number of nitrogen functional groups attached to an aromatic ring is 1. The molecule has 0 spiro atoms. The number of anilines is 2. The van der Waals surface area contributed by atoms with Gasteiger partial charge in [-0.3, -0.25) is 19.5 Å². The van der Waals surface area contributed by atoms with Gasteiger partial charge >= 0.3 is 0 Å². The van der Waals surface area contributed by atoms with Gasteiger partial charge in [-0.1, -0.05) is 12.1 Å². The van der Waals surface area contributed by atoms with Crippen LogP contribution in [0.5, 0.6) is 0 Å². The molecule has 4 rings (SSSR count). The van der Waals surface area contributed by atoms with Gasteiger partial charge in [0.25, 0.3) is 0 Å². The van der Waals surface area contributed by atoms with Crippen LogP contribution in [0.15, 0.2) is 73.5 Å². The molecule has 0 radical (unpaired) electrons. The molecule has 162 valence electrons. The van der Waals surface area contributed by atoms with Crippen molar-refractivity contribution in [3.63, 3.8) is 0 Å². The van der Waals surface area contributed by atoms with E-state index in [1.807, 2.05) is 43.6 Å². The fraction of sp³-hybridized carbons (Fsp3) is 0.0909. The summed E-state index contributed by atoms with van der Waals surface area (Å²) in [5.74, 6) is 11.9. The first kappa shape index (κ1) is 20.8. The number of aryl methyl sites for hydroxylation is 1. The lowest BCUT2D eigenvalue weighted by Crippen LogP contribution is -2.30. The second-order valence-corrected chi connectivity index (χ2v) is 7.17. The number of pyridine rings is 1. The van der Waals surface area contributed by atoms with Crippen molar-refractivity contribution >= 4 is 23.5 Å². The zero-order chi connectivity index (χ0) is 22.5. The summed E-state index contributed by atoms with van der Waals surface area (Å²) >= 11 is 0. The molecule has 3 aromatic heterocycles. The zero-order valence-electron chi connectivity index (χ0n) is 17.5. The SMILES string of the molecule is Cn1cc(-c2ccncc2/C=C/C(=O)Nc2ccc(CN(N)c3ccn(N)n3)cc2)cn1. The monoisotopic (exact) mass is 429 g/mol. The lowest BCUT2D eigenvalue weighted by atomic mass is 10.0. The van der Waals surface area contributed by atoms with E-state index >= 15 is 0 Å². The zero-order valence-corrected chi connectivity index (χ0v) is 17.5. The molecular formula is C22H23N9O. The van der Waals surface area contributed by atoms with E-state index in [-0.39, 0.29) is 5.91 Å². The lowest BCUT2D eigenvalue weighted by molar-refractivity contribution is -0.111. The number of rotatable bonds is 7. The third-order valence-electron chi connectivity index (χ3n) is 4.74. The number of hydrogen-bond acceptors (Lipinski definition) is 7. The van der Waals surface area contributed by atoms with Crippen molar-refractivity contribution in [2.75, 3.05) is 16.2 Å². The Morgan fingerprint density at radius 2 is 2.00 bits per heavy atom. The van der Waals surface area contributed by atoms with Gasteiger partial charge in [-0.15, -0.1) is 5.10 Å². The summed E-state index contributed by atoms with van der Waals surface area (Å²) < 4.78 is 1.73. The minimum absolute atomic E-state index is 0.243. The van der Waals surface area contributed by atoms with E-state index in [0.29, 0.717) is 18.1 Å². The van der Waals surface area contributed by atoms with E-state index in [4.69, 9.17) is 11.7 Å². The number of amides is 1. The second kappa shape index (κ2) is 9.14. The first-order valence-corrected chi connectivity index (χ1v) is 9.82. The van der Waals surface area contributed by atoms with Crippen LogP contribution in [0.2, 0.25) is 0 Å². The van der Waals surface area contributed by atoms with Gasteiger partial charge in [0.1, 0.15) is 0 Å². The lowest BCUT2D eigenvalue weighted by Gasteiger charge is -2.15. The predicted octanol–water partition coefficient (Wildman–Crippen LogP) is 1.92. The molecule has 0 aliphatic heterocycles. The molecular weight excluding hydrogens is 406 g/mol. The van der Waals surface area contributed by atoms with Gasteiger partial charge in [0.05, 0.1) is 18.9 Å². The molecule has 10 heteroatoms. The Morgan fingerprint density at radius 1 is 1.19 bits per heavy atom. The summed E-state index contributed by atoms with van der Waals surface area (Å²) in [5.41, 5.74) is 4.37. The van der Waals surface area contributed by atoms with Crippen molar-refractivity contribution in [2.45, 2.75) is 6.54 Å². The van der Waals surface area contributed by atoms with Gasteiger partial charge in [-0.25, -0.2) is 5.84 Å². The predicted molar refractivity (Wildman–Crippen MR) is 123 cm³/mol. The average molecular weight is 429 g/mol. The van der Waals surface area contributed by atoms with Crippen molar-refractivity contribution < 1.29 is 4.79 Å². The highest BCUT2D eigenvalue weighted by Crippen LogP contribution is 2.23. The summed E-state index contributed by atoms with van der Waals surface area (Å²) in [6, 6.07) is 11.0. The third kappa shape index (κ3) is 4.99.